The summed E-state index contributed by atoms with van der Waals surface area (Å²) in [5, 5.41) is 9.35. The van der Waals surface area contributed by atoms with Gasteiger partial charge in [0.15, 0.2) is 0 Å². The Labute approximate surface area is 108 Å². The van der Waals surface area contributed by atoms with Crippen LogP contribution in [0.2, 0.25) is 0 Å². The number of carboxylic acids is 1. The molecular formula is C13H23NO4. The lowest BCUT2D eigenvalue weighted by molar-refractivity contribution is -0.149. The maximum absolute atomic E-state index is 12.2. The Morgan fingerprint density at radius 3 is 2.39 bits per heavy atom. The Kier molecular flexibility index (Phi) is 3.93. The van der Waals surface area contributed by atoms with Gasteiger partial charge in [0.1, 0.15) is 11.1 Å². The maximum atomic E-state index is 12.2. The lowest BCUT2D eigenvalue weighted by Crippen LogP contribution is -2.54. The van der Waals surface area contributed by atoms with Gasteiger partial charge in [-0.2, -0.15) is 0 Å². The van der Waals surface area contributed by atoms with Crippen LogP contribution in [-0.2, 0) is 9.53 Å². The molecule has 1 aliphatic heterocycles. The molecule has 5 heteroatoms. The fraction of sp³-hybridized carbons (Fsp3) is 0.846. The van der Waals surface area contributed by atoms with E-state index in [9.17, 15) is 14.7 Å². The van der Waals surface area contributed by atoms with Gasteiger partial charge in [-0.15, -0.1) is 0 Å². The molecule has 0 aromatic heterocycles. The molecule has 1 amide bonds. The Morgan fingerprint density at radius 2 is 2.00 bits per heavy atom. The van der Waals surface area contributed by atoms with Crippen molar-refractivity contribution < 1.29 is 19.4 Å². The molecule has 0 saturated carbocycles. The largest absolute Gasteiger partial charge is 0.480 e. The maximum Gasteiger partial charge on any atom is 0.411 e. The summed E-state index contributed by atoms with van der Waals surface area (Å²) >= 11 is 0. The van der Waals surface area contributed by atoms with Gasteiger partial charge in [0, 0.05) is 6.04 Å². The first-order valence-electron chi connectivity index (χ1n) is 6.37. The molecule has 1 rings (SSSR count). The topological polar surface area (TPSA) is 66.8 Å². The second-order valence-electron chi connectivity index (χ2n) is 6.03. The number of rotatable bonds is 2. The average Bonchev–Trinajstić information content (AvgIpc) is 2.54. The fourth-order valence-electron chi connectivity index (χ4n) is 2.36. The van der Waals surface area contributed by atoms with Crippen LogP contribution < -0.4 is 0 Å². The molecular weight excluding hydrogens is 234 g/mol. The predicted molar refractivity (Wildman–Crippen MR) is 67.4 cm³/mol. The first-order valence-corrected chi connectivity index (χ1v) is 6.37. The number of nitrogens with zero attached hydrogens (tertiary/aromatic N) is 1. The van der Waals surface area contributed by atoms with Gasteiger partial charge < -0.3 is 9.84 Å². The molecule has 0 unspecified atom stereocenters. The highest BCUT2D eigenvalue weighted by molar-refractivity contribution is 5.85. The van der Waals surface area contributed by atoms with Crippen molar-refractivity contribution >= 4 is 12.1 Å². The number of carbonyl (C=O) groups excluding carboxylic acids is 1. The monoisotopic (exact) mass is 257 g/mol. The van der Waals surface area contributed by atoms with Crippen LogP contribution in [0.3, 0.4) is 0 Å². The zero-order valence-electron chi connectivity index (χ0n) is 11.8. The zero-order chi connectivity index (χ0) is 14.1. The molecule has 0 bridgehead atoms. The summed E-state index contributed by atoms with van der Waals surface area (Å²) in [7, 11) is 0. The van der Waals surface area contributed by atoms with Crippen molar-refractivity contribution in [1.29, 1.82) is 0 Å². The number of hydrogen-bond donors (Lipinski definition) is 1. The van der Waals surface area contributed by atoms with Crippen molar-refractivity contribution in [1.82, 2.24) is 4.90 Å². The van der Waals surface area contributed by atoms with E-state index < -0.39 is 23.2 Å². The van der Waals surface area contributed by atoms with Crippen LogP contribution in [0.5, 0.6) is 0 Å². The summed E-state index contributed by atoms with van der Waals surface area (Å²) in [5.41, 5.74) is -1.76. The number of likely N-dealkylation sites (tertiary alicyclic amines) is 1. The minimum atomic E-state index is -1.15. The summed E-state index contributed by atoms with van der Waals surface area (Å²) in [6.45, 7) is 8.88. The molecule has 0 spiro atoms. The summed E-state index contributed by atoms with van der Waals surface area (Å²) < 4.78 is 5.32. The molecule has 2 atom stereocenters. The number of carbonyl (C=O) groups is 2. The van der Waals surface area contributed by atoms with E-state index in [2.05, 4.69) is 0 Å². The Hall–Kier alpha value is -1.26. The molecule has 0 aromatic carbocycles. The van der Waals surface area contributed by atoms with Crippen molar-refractivity contribution in [2.75, 3.05) is 0 Å². The molecule has 0 radical (unpaired) electrons. The first-order chi connectivity index (χ1) is 8.12. The van der Waals surface area contributed by atoms with E-state index in [0.717, 1.165) is 6.42 Å². The number of amides is 1. The van der Waals surface area contributed by atoms with E-state index in [1.807, 2.05) is 6.92 Å². The number of aliphatic carboxylic acids is 1. The molecule has 1 fully saturated rings. The van der Waals surface area contributed by atoms with Crippen molar-refractivity contribution in [2.45, 2.75) is 71.1 Å². The molecule has 1 aliphatic rings. The highest BCUT2D eigenvalue weighted by Crippen LogP contribution is 2.36. The highest BCUT2D eigenvalue weighted by Gasteiger charge is 2.51. The second-order valence-corrected chi connectivity index (χ2v) is 6.03. The molecule has 5 nitrogen and oxygen atoms in total. The van der Waals surface area contributed by atoms with Crippen molar-refractivity contribution in [3.8, 4) is 0 Å². The first kappa shape index (κ1) is 14.8. The minimum Gasteiger partial charge on any atom is -0.480 e. The van der Waals surface area contributed by atoms with Crippen molar-refractivity contribution in [3.05, 3.63) is 0 Å². The lowest BCUT2D eigenvalue weighted by atomic mass is 10.00. The molecule has 1 heterocycles. The standard InChI is InChI=1S/C13H23NO4/c1-6-9-7-8-13(5,10(15)16)14(9)11(17)18-12(2,3)4/h9H,6-8H2,1-5H3,(H,15,16)/t9-,13-/m0/s1. The Balaban J connectivity index is 2.99. The molecule has 0 aromatic rings. The van der Waals surface area contributed by atoms with Crippen LogP contribution in [0.25, 0.3) is 0 Å². The van der Waals surface area contributed by atoms with Crippen LogP contribution in [0.1, 0.15) is 53.9 Å². The van der Waals surface area contributed by atoms with Crippen LogP contribution in [0.15, 0.2) is 0 Å². The van der Waals surface area contributed by atoms with Gasteiger partial charge in [-0.1, -0.05) is 6.92 Å². The van der Waals surface area contributed by atoms with E-state index in [1.165, 1.54) is 4.90 Å². The number of carboxylic acid groups (broad SMARTS) is 1. The molecule has 1 N–H and O–H groups in total. The smallest absolute Gasteiger partial charge is 0.411 e. The molecule has 104 valence electrons. The van der Waals surface area contributed by atoms with Crippen LogP contribution in [-0.4, -0.2) is 39.3 Å². The normalized spacial score (nSPS) is 28.3. The van der Waals surface area contributed by atoms with E-state index in [-0.39, 0.29) is 6.04 Å². The van der Waals surface area contributed by atoms with E-state index in [4.69, 9.17) is 4.74 Å². The quantitative estimate of drug-likeness (QED) is 0.825. The fourth-order valence-corrected chi connectivity index (χ4v) is 2.36. The third-order valence-electron chi connectivity index (χ3n) is 3.38. The van der Waals surface area contributed by atoms with E-state index in [0.29, 0.717) is 12.8 Å². The summed E-state index contributed by atoms with van der Waals surface area (Å²) in [4.78, 5) is 25.0. The third kappa shape index (κ3) is 2.76. The van der Waals surface area contributed by atoms with E-state index in [1.54, 1.807) is 27.7 Å². The van der Waals surface area contributed by atoms with E-state index >= 15 is 0 Å². The SMILES string of the molecule is CC[C@H]1CC[C@@](C)(C(=O)O)N1C(=O)OC(C)(C)C. The van der Waals surface area contributed by atoms with Crippen molar-refractivity contribution in [3.63, 3.8) is 0 Å². The van der Waals surface area contributed by atoms with Gasteiger partial charge >= 0.3 is 12.1 Å². The molecule has 1 saturated heterocycles. The number of ether oxygens (including phenoxy) is 1. The minimum absolute atomic E-state index is 0.0547. The third-order valence-corrected chi connectivity index (χ3v) is 3.38. The van der Waals surface area contributed by atoms with Gasteiger partial charge in [-0.25, -0.2) is 9.59 Å². The van der Waals surface area contributed by atoms with Gasteiger partial charge in [-0.05, 0) is 47.0 Å². The molecule has 18 heavy (non-hydrogen) atoms. The Morgan fingerprint density at radius 1 is 1.44 bits per heavy atom. The summed E-state index contributed by atoms with van der Waals surface area (Å²) in [5.74, 6) is -0.968. The van der Waals surface area contributed by atoms with Gasteiger partial charge in [-0.3, -0.25) is 4.90 Å². The van der Waals surface area contributed by atoms with Crippen LogP contribution in [0.4, 0.5) is 4.79 Å². The number of hydrogen-bond acceptors (Lipinski definition) is 3. The van der Waals surface area contributed by atoms with Crippen LogP contribution in [0, 0.1) is 0 Å². The van der Waals surface area contributed by atoms with Gasteiger partial charge in [0.05, 0.1) is 0 Å². The summed E-state index contributed by atoms with van der Waals surface area (Å²) in [6.07, 6.45) is 1.39. The van der Waals surface area contributed by atoms with Crippen molar-refractivity contribution in [2.24, 2.45) is 0 Å². The van der Waals surface area contributed by atoms with Crippen LogP contribution >= 0.6 is 0 Å². The lowest BCUT2D eigenvalue weighted by Gasteiger charge is -2.36. The zero-order valence-corrected chi connectivity index (χ0v) is 11.8. The Bertz CT molecular complexity index is 347. The average molecular weight is 257 g/mol. The van der Waals surface area contributed by atoms with Gasteiger partial charge in [0.2, 0.25) is 0 Å². The predicted octanol–water partition coefficient (Wildman–Crippen LogP) is 2.64. The highest BCUT2D eigenvalue weighted by atomic mass is 16.6. The van der Waals surface area contributed by atoms with Gasteiger partial charge in [0.25, 0.3) is 0 Å². The second kappa shape index (κ2) is 4.78. The molecule has 0 aliphatic carbocycles. The summed E-state index contributed by atoms with van der Waals surface area (Å²) in [6, 6.07) is -0.0547.